The molecule has 25 heavy (non-hydrogen) atoms. The van der Waals surface area contributed by atoms with Crippen LogP contribution in [0, 0.1) is 5.41 Å². The molecule has 0 radical (unpaired) electrons. The van der Waals surface area contributed by atoms with Gasteiger partial charge < -0.3 is 19.7 Å². The molecular weight excluding hydrogens is 316 g/mol. The summed E-state index contributed by atoms with van der Waals surface area (Å²) >= 11 is 0. The highest BCUT2D eigenvalue weighted by Gasteiger charge is 2.37. The molecule has 2 rings (SSSR count). The second-order valence-corrected chi connectivity index (χ2v) is 7.43. The largest absolute Gasteiger partial charge is 0.492 e. The van der Waals surface area contributed by atoms with Gasteiger partial charge in [-0.25, -0.2) is 0 Å². The lowest BCUT2D eigenvalue weighted by molar-refractivity contribution is -0.132. The number of likely N-dealkylation sites (N-methyl/N-ethyl adjacent to an activating group) is 1. The predicted molar refractivity (Wildman–Crippen MR) is 99.9 cm³/mol. The van der Waals surface area contributed by atoms with Crippen LogP contribution in [0.3, 0.4) is 0 Å². The van der Waals surface area contributed by atoms with E-state index in [2.05, 4.69) is 23.2 Å². The summed E-state index contributed by atoms with van der Waals surface area (Å²) in [7, 11) is 2.05. The summed E-state index contributed by atoms with van der Waals surface area (Å²) in [6, 6.07) is 8.02. The first kappa shape index (κ1) is 19.7. The van der Waals surface area contributed by atoms with Crippen LogP contribution >= 0.6 is 0 Å². The molecule has 0 saturated carbocycles. The number of carbonyl (C=O) groups excluding carboxylic acids is 1. The Bertz CT molecular complexity index is 574. The van der Waals surface area contributed by atoms with E-state index in [4.69, 9.17) is 9.47 Å². The van der Waals surface area contributed by atoms with Crippen molar-refractivity contribution < 1.29 is 14.3 Å². The van der Waals surface area contributed by atoms with Gasteiger partial charge in [0.1, 0.15) is 12.4 Å². The van der Waals surface area contributed by atoms with Crippen molar-refractivity contribution in [3.05, 3.63) is 29.8 Å². The highest BCUT2D eigenvalue weighted by Crippen LogP contribution is 2.23. The third-order valence-electron chi connectivity index (χ3n) is 4.70. The number of hydrogen-bond donors (Lipinski definition) is 1. The molecule has 1 aliphatic heterocycles. The molecular formula is C20H32N2O3. The topological polar surface area (TPSA) is 50.8 Å². The summed E-state index contributed by atoms with van der Waals surface area (Å²) < 4.78 is 11.7. The van der Waals surface area contributed by atoms with Gasteiger partial charge in [0.05, 0.1) is 17.6 Å². The van der Waals surface area contributed by atoms with Gasteiger partial charge in [-0.1, -0.05) is 25.1 Å². The minimum absolute atomic E-state index is 0.00600. The maximum atomic E-state index is 12.8. The molecule has 140 valence electrons. The van der Waals surface area contributed by atoms with E-state index in [9.17, 15) is 4.79 Å². The first-order chi connectivity index (χ1) is 11.9. The molecule has 1 saturated heterocycles. The summed E-state index contributed by atoms with van der Waals surface area (Å²) in [5.74, 6) is 0.866. The summed E-state index contributed by atoms with van der Waals surface area (Å²) in [5, 5.41) is 3.16. The van der Waals surface area contributed by atoms with Crippen LogP contribution in [0.15, 0.2) is 24.3 Å². The van der Waals surface area contributed by atoms with Crippen LogP contribution < -0.4 is 10.1 Å². The standard InChI is InChI=1S/C20H32N2O3/c1-6-15-10-8-9-11-17(15)25-14-20(3,4)19(23)21-16-12-22(5)13-18(16)24-7-2/h8-11,16,18H,6-7,12-14H2,1-5H3,(H,21,23)/t16-,18-/m1/s1. The molecule has 0 bridgehead atoms. The van der Waals surface area contributed by atoms with Crippen molar-refractivity contribution in [1.29, 1.82) is 0 Å². The van der Waals surface area contributed by atoms with Crippen LogP contribution in [-0.4, -0.2) is 56.3 Å². The Morgan fingerprint density at radius 2 is 2.00 bits per heavy atom. The monoisotopic (exact) mass is 348 g/mol. The number of para-hydroxylation sites is 1. The quantitative estimate of drug-likeness (QED) is 0.784. The number of amides is 1. The normalized spacial score (nSPS) is 21.3. The zero-order valence-corrected chi connectivity index (χ0v) is 16.2. The van der Waals surface area contributed by atoms with Crippen LogP contribution in [0.2, 0.25) is 0 Å². The fraction of sp³-hybridized carbons (Fsp3) is 0.650. The molecule has 1 aromatic rings. The van der Waals surface area contributed by atoms with E-state index in [0.29, 0.717) is 13.2 Å². The van der Waals surface area contributed by atoms with Crippen molar-refractivity contribution >= 4 is 5.91 Å². The van der Waals surface area contributed by atoms with Crippen LogP contribution in [0.5, 0.6) is 5.75 Å². The lowest BCUT2D eigenvalue weighted by Crippen LogP contribution is -2.50. The molecule has 5 heteroatoms. The Morgan fingerprint density at radius 1 is 1.28 bits per heavy atom. The number of aryl methyl sites for hydroxylation is 1. The average molecular weight is 348 g/mol. The predicted octanol–water partition coefficient (Wildman–Crippen LogP) is 2.49. The number of nitrogens with one attached hydrogen (secondary N) is 1. The zero-order valence-electron chi connectivity index (χ0n) is 16.2. The summed E-state index contributed by atoms with van der Waals surface area (Å²) in [4.78, 5) is 15.0. The van der Waals surface area contributed by atoms with E-state index in [1.165, 1.54) is 0 Å². The minimum Gasteiger partial charge on any atom is -0.492 e. The van der Waals surface area contributed by atoms with Gasteiger partial charge in [0.2, 0.25) is 5.91 Å². The lowest BCUT2D eigenvalue weighted by Gasteiger charge is -2.28. The van der Waals surface area contributed by atoms with Crippen LogP contribution in [0.25, 0.3) is 0 Å². The number of benzene rings is 1. The smallest absolute Gasteiger partial charge is 0.229 e. The second kappa shape index (κ2) is 8.68. The summed E-state index contributed by atoms with van der Waals surface area (Å²) in [6.07, 6.45) is 0.962. The first-order valence-electron chi connectivity index (χ1n) is 9.19. The summed E-state index contributed by atoms with van der Waals surface area (Å²) in [5.41, 5.74) is 0.547. The van der Waals surface area contributed by atoms with E-state index < -0.39 is 5.41 Å². The molecule has 5 nitrogen and oxygen atoms in total. The Kier molecular flexibility index (Phi) is 6.85. The lowest BCUT2D eigenvalue weighted by atomic mass is 9.93. The van der Waals surface area contributed by atoms with E-state index in [1.807, 2.05) is 46.0 Å². The van der Waals surface area contributed by atoms with Crippen LogP contribution in [0.1, 0.15) is 33.3 Å². The van der Waals surface area contributed by atoms with Crippen molar-refractivity contribution in [1.82, 2.24) is 10.2 Å². The second-order valence-electron chi connectivity index (χ2n) is 7.43. The van der Waals surface area contributed by atoms with Crippen molar-refractivity contribution in [2.24, 2.45) is 5.41 Å². The maximum absolute atomic E-state index is 12.8. The van der Waals surface area contributed by atoms with Gasteiger partial charge in [-0.2, -0.15) is 0 Å². The molecule has 1 aliphatic rings. The van der Waals surface area contributed by atoms with Gasteiger partial charge in [0.25, 0.3) is 0 Å². The third kappa shape index (κ3) is 5.19. The van der Waals surface area contributed by atoms with Crippen molar-refractivity contribution in [2.75, 3.05) is 33.4 Å². The van der Waals surface area contributed by atoms with Crippen molar-refractivity contribution in [2.45, 2.75) is 46.3 Å². The van der Waals surface area contributed by atoms with Crippen molar-refractivity contribution in [3.63, 3.8) is 0 Å². The number of nitrogens with zero attached hydrogens (tertiary/aromatic N) is 1. The van der Waals surface area contributed by atoms with E-state index >= 15 is 0 Å². The van der Waals surface area contributed by atoms with E-state index in [0.717, 1.165) is 30.8 Å². The Morgan fingerprint density at radius 3 is 2.68 bits per heavy atom. The molecule has 2 atom stereocenters. The molecule has 1 fully saturated rings. The Labute approximate surface area is 151 Å². The summed E-state index contributed by atoms with van der Waals surface area (Å²) in [6.45, 7) is 10.6. The highest BCUT2D eigenvalue weighted by atomic mass is 16.5. The minimum atomic E-state index is -0.612. The average Bonchev–Trinajstić information content (AvgIpc) is 2.92. The van der Waals surface area contributed by atoms with Gasteiger partial charge in [-0.15, -0.1) is 0 Å². The van der Waals surface area contributed by atoms with E-state index in [1.54, 1.807) is 0 Å². The molecule has 1 N–H and O–H groups in total. The molecule has 0 spiro atoms. The number of rotatable bonds is 8. The molecule has 0 unspecified atom stereocenters. The molecule has 0 aliphatic carbocycles. The van der Waals surface area contributed by atoms with Crippen molar-refractivity contribution in [3.8, 4) is 5.75 Å². The zero-order chi connectivity index (χ0) is 18.4. The number of ether oxygens (including phenoxy) is 2. The Balaban J connectivity index is 1.95. The van der Waals surface area contributed by atoms with Gasteiger partial charge in [-0.05, 0) is 45.9 Å². The molecule has 1 aromatic carbocycles. The SMILES string of the molecule is CCO[C@@H]1CN(C)C[C@H]1NC(=O)C(C)(C)COc1ccccc1CC. The van der Waals surface area contributed by atoms with E-state index in [-0.39, 0.29) is 18.1 Å². The van der Waals surface area contributed by atoms with Crippen LogP contribution in [-0.2, 0) is 16.0 Å². The third-order valence-corrected chi connectivity index (χ3v) is 4.70. The van der Waals surface area contributed by atoms with Crippen LogP contribution in [0.4, 0.5) is 0 Å². The Hall–Kier alpha value is -1.59. The fourth-order valence-electron chi connectivity index (χ4n) is 3.11. The maximum Gasteiger partial charge on any atom is 0.229 e. The van der Waals surface area contributed by atoms with Gasteiger partial charge in [0.15, 0.2) is 0 Å². The van der Waals surface area contributed by atoms with Gasteiger partial charge in [0, 0.05) is 19.7 Å². The molecule has 1 amide bonds. The molecule has 1 heterocycles. The molecule has 0 aromatic heterocycles. The van der Waals surface area contributed by atoms with Gasteiger partial charge >= 0.3 is 0 Å². The highest BCUT2D eigenvalue weighted by molar-refractivity contribution is 5.82. The first-order valence-corrected chi connectivity index (χ1v) is 9.19. The fourth-order valence-corrected chi connectivity index (χ4v) is 3.11. The van der Waals surface area contributed by atoms with Gasteiger partial charge in [-0.3, -0.25) is 4.79 Å². The number of carbonyl (C=O) groups is 1. The number of hydrogen-bond acceptors (Lipinski definition) is 4. The number of likely N-dealkylation sites (tertiary alicyclic amines) is 1.